The normalized spacial score (nSPS) is 15.9. The highest BCUT2D eigenvalue weighted by Crippen LogP contribution is 2.57. The Kier molecular flexibility index (Phi) is 12.0. The molecule has 1 heterocycles. The molecular weight excluding hydrogens is 746 g/mol. The van der Waals surface area contributed by atoms with E-state index in [0.717, 1.165) is 38.6 Å². The summed E-state index contributed by atoms with van der Waals surface area (Å²) in [5.74, 6) is -1.57. The van der Waals surface area contributed by atoms with Crippen LogP contribution in [0, 0.1) is 5.92 Å². The third-order valence-corrected chi connectivity index (χ3v) is 18.2. The monoisotopic (exact) mass is 793 g/mol. The molecule has 6 aromatic rings. The van der Waals surface area contributed by atoms with Crippen molar-refractivity contribution < 1.29 is 19.4 Å². The number of rotatable bonds is 14. The summed E-state index contributed by atoms with van der Waals surface area (Å²) in [6, 6.07) is 62.1. The summed E-state index contributed by atoms with van der Waals surface area (Å²) in [7, 11) is -1.60. The third-order valence-electron chi connectivity index (χ3n) is 10.4. The molecule has 0 bridgehead atoms. The molecule has 8 heteroatoms. The number of thioether (sulfide) groups is 1. The van der Waals surface area contributed by atoms with E-state index in [1.165, 1.54) is 0 Å². The van der Waals surface area contributed by atoms with Crippen LogP contribution in [0.25, 0.3) is 0 Å². The Morgan fingerprint density at radius 3 is 1.34 bits per heavy atom. The standard InChI is InChI=1S/C48H48NO4PSSi/c1-56(2,3)35-34-53-47(52)45(54(40-28-16-7-17-29-40,41-30-18-8-19-31-41)42-32-20-9-21-33-42)49-44(51)43(36-50)46(49)55-48(37-22-10-4-11-23-37,38-24-12-5-13-25-38)39-26-14-6-15-27-39/h4-33,43,46,50H,34-36H2,1-3H3/t43-,46+/m0/s1. The molecule has 0 aliphatic carbocycles. The number of esters is 1. The quantitative estimate of drug-likeness (QED) is 0.0394. The van der Waals surface area contributed by atoms with Crippen LogP contribution in [0.15, 0.2) is 182 Å². The van der Waals surface area contributed by atoms with Gasteiger partial charge in [0.25, 0.3) is 0 Å². The first kappa shape index (κ1) is 39.3. The van der Waals surface area contributed by atoms with Gasteiger partial charge in [0.1, 0.15) is 5.42 Å². The van der Waals surface area contributed by atoms with Crippen molar-refractivity contribution in [3.05, 3.63) is 199 Å². The number of carbonyl (C=O) groups excluding carboxylic acids is 2. The molecule has 5 nitrogen and oxygen atoms in total. The molecular formula is C48H48NO4PSSi. The molecule has 2 atom stereocenters. The largest absolute Gasteiger partial charge is 0.461 e. The summed E-state index contributed by atoms with van der Waals surface area (Å²) in [4.78, 5) is 32.1. The summed E-state index contributed by atoms with van der Waals surface area (Å²) in [6.07, 6.45) is 0. The van der Waals surface area contributed by atoms with Crippen molar-refractivity contribution in [2.24, 2.45) is 5.92 Å². The lowest BCUT2D eigenvalue weighted by atomic mass is 9.84. The molecule has 56 heavy (non-hydrogen) atoms. The zero-order chi connectivity index (χ0) is 39.2. The predicted octanol–water partition coefficient (Wildman–Crippen LogP) is 8.49. The summed E-state index contributed by atoms with van der Waals surface area (Å²) < 4.78 is 5.55. The fourth-order valence-electron chi connectivity index (χ4n) is 7.64. The molecule has 1 N–H and O–H groups in total. The smallest absolute Gasteiger partial charge is 0.356 e. The maximum Gasteiger partial charge on any atom is 0.356 e. The molecule has 1 aliphatic rings. The number of hydrogen-bond acceptors (Lipinski definition) is 5. The van der Waals surface area contributed by atoms with E-state index < -0.39 is 37.0 Å². The Labute approximate surface area is 336 Å². The maximum absolute atomic E-state index is 15.4. The lowest BCUT2D eigenvalue weighted by Gasteiger charge is -2.52. The lowest BCUT2D eigenvalue weighted by molar-refractivity contribution is -0.148. The summed E-state index contributed by atoms with van der Waals surface area (Å²) in [6.45, 7) is 3.51. The second-order valence-corrected chi connectivity index (χ2v) is 25.5. The van der Waals surface area contributed by atoms with Gasteiger partial charge in [-0.3, -0.25) is 9.69 Å². The Hall–Kier alpha value is -4.91. The number of hydrogen-bond donors (Lipinski definition) is 1. The molecule has 1 fully saturated rings. The minimum Gasteiger partial charge on any atom is -0.461 e. The number of likely N-dealkylation sites (tertiary alicyclic amines) is 1. The molecule has 1 aliphatic heterocycles. The van der Waals surface area contributed by atoms with Crippen molar-refractivity contribution in [2.75, 3.05) is 13.2 Å². The van der Waals surface area contributed by atoms with Crippen molar-refractivity contribution in [1.29, 1.82) is 0 Å². The second-order valence-electron chi connectivity index (χ2n) is 15.2. The van der Waals surface area contributed by atoms with Crippen molar-refractivity contribution in [3.8, 4) is 0 Å². The molecule has 7 rings (SSSR count). The van der Waals surface area contributed by atoms with E-state index >= 15 is 4.79 Å². The first-order valence-electron chi connectivity index (χ1n) is 19.1. The van der Waals surface area contributed by atoms with Crippen molar-refractivity contribution in [3.63, 3.8) is 0 Å². The first-order chi connectivity index (χ1) is 27.2. The Bertz CT molecular complexity index is 2090. The lowest BCUT2D eigenvalue weighted by Crippen LogP contribution is -2.66. The molecule has 1 amide bonds. The van der Waals surface area contributed by atoms with Gasteiger partial charge in [0.2, 0.25) is 5.91 Å². The molecule has 0 radical (unpaired) electrons. The number of aliphatic hydroxyl groups is 1. The van der Waals surface area contributed by atoms with E-state index in [0.29, 0.717) is 5.42 Å². The van der Waals surface area contributed by atoms with Gasteiger partial charge in [-0.05, 0) is 38.6 Å². The molecule has 1 saturated heterocycles. The number of amides is 1. The SMILES string of the molecule is C[Si](C)(C)CCOC(=O)C(N1C(=O)[C@H](CO)[C@H]1SC(c1ccccc1)(c1ccccc1)c1ccccc1)=P(c1ccccc1)(c1ccccc1)c1ccccc1. The van der Waals surface area contributed by atoms with Crippen LogP contribution in [0.3, 0.4) is 0 Å². The number of carbonyl (C=O) groups is 2. The van der Waals surface area contributed by atoms with Crippen LogP contribution in [0.5, 0.6) is 0 Å². The minimum absolute atomic E-state index is 0.252. The van der Waals surface area contributed by atoms with Crippen LogP contribution in [-0.4, -0.2) is 54.0 Å². The Morgan fingerprint density at radius 2 is 1.00 bits per heavy atom. The highest BCUT2D eigenvalue weighted by molar-refractivity contribution is 8.01. The van der Waals surface area contributed by atoms with Crippen LogP contribution >= 0.6 is 18.6 Å². The highest BCUT2D eigenvalue weighted by atomic mass is 32.2. The van der Waals surface area contributed by atoms with E-state index in [2.05, 4.69) is 92.4 Å². The first-order valence-corrected chi connectivity index (χ1v) is 25.5. The van der Waals surface area contributed by atoms with Gasteiger partial charge in [0.15, 0.2) is 0 Å². The Balaban J connectivity index is 1.57. The molecule has 6 aromatic carbocycles. The highest BCUT2D eigenvalue weighted by Gasteiger charge is 2.57. The van der Waals surface area contributed by atoms with Crippen LogP contribution < -0.4 is 15.9 Å². The number of nitrogens with zero attached hydrogens (tertiary/aromatic N) is 1. The fraction of sp³-hybridized carbons (Fsp3) is 0.188. The van der Waals surface area contributed by atoms with E-state index in [9.17, 15) is 9.90 Å². The van der Waals surface area contributed by atoms with Gasteiger partial charge in [0.05, 0.1) is 29.3 Å². The van der Waals surface area contributed by atoms with E-state index in [1.54, 1.807) is 16.7 Å². The summed E-state index contributed by atoms with van der Waals surface area (Å²) in [5.41, 5.74) is 3.39. The van der Waals surface area contributed by atoms with Crippen molar-refractivity contribution >= 4 is 59.9 Å². The number of benzene rings is 6. The third kappa shape index (κ3) is 7.49. The molecule has 0 saturated carbocycles. The summed E-state index contributed by atoms with van der Waals surface area (Å²) >= 11 is 1.60. The van der Waals surface area contributed by atoms with Crippen LogP contribution in [0.4, 0.5) is 0 Å². The van der Waals surface area contributed by atoms with Crippen LogP contribution in [0.1, 0.15) is 16.7 Å². The zero-order valence-corrected chi connectivity index (χ0v) is 34.8. The minimum atomic E-state index is -3.15. The molecule has 0 aromatic heterocycles. The number of aliphatic hydroxyl groups excluding tert-OH is 1. The van der Waals surface area contributed by atoms with Gasteiger partial charge in [-0.25, -0.2) is 4.79 Å². The van der Waals surface area contributed by atoms with Gasteiger partial charge < -0.3 is 9.84 Å². The second kappa shape index (κ2) is 17.1. The number of ether oxygens (including phenoxy) is 1. The average Bonchev–Trinajstić information content (AvgIpc) is 3.24. The van der Waals surface area contributed by atoms with E-state index in [-0.39, 0.29) is 19.1 Å². The fourth-order valence-corrected chi connectivity index (χ4v) is 14.7. The van der Waals surface area contributed by atoms with Gasteiger partial charge in [-0.15, -0.1) is 11.8 Å². The number of β-lactam (4-membered cyclic amide) rings is 1. The predicted molar refractivity (Wildman–Crippen MR) is 237 cm³/mol. The van der Waals surface area contributed by atoms with Crippen molar-refractivity contribution in [1.82, 2.24) is 4.90 Å². The van der Waals surface area contributed by atoms with E-state index in [4.69, 9.17) is 4.74 Å². The maximum atomic E-state index is 15.4. The topological polar surface area (TPSA) is 66.8 Å². The molecule has 284 valence electrons. The van der Waals surface area contributed by atoms with Gasteiger partial charge in [0, 0.05) is 15.0 Å². The van der Waals surface area contributed by atoms with Gasteiger partial charge >= 0.3 is 5.97 Å². The molecule has 0 spiro atoms. The summed E-state index contributed by atoms with van der Waals surface area (Å²) in [5, 5.41) is 13.2. The average molecular weight is 794 g/mol. The zero-order valence-electron chi connectivity index (χ0n) is 32.1. The van der Waals surface area contributed by atoms with Crippen LogP contribution in [0.2, 0.25) is 25.7 Å². The van der Waals surface area contributed by atoms with Gasteiger partial charge in [-0.2, -0.15) is 0 Å². The molecule has 0 unspecified atom stereocenters. The van der Waals surface area contributed by atoms with Gasteiger partial charge in [-0.1, -0.05) is 202 Å². The van der Waals surface area contributed by atoms with Crippen LogP contribution in [-0.2, 0) is 19.1 Å². The van der Waals surface area contributed by atoms with E-state index in [1.807, 2.05) is 109 Å². The van der Waals surface area contributed by atoms with Crippen molar-refractivity contribution in [2.45, 2.75) is 35.8 Å². The Morgan fingerprint density at radius 1 is 0.643 bits per heavy atom.